The molecule has 1 aliphatic rings. The summed E-state index contributed by atoms with van der Waals surface area (Å²) in [5.41, 5.74) is 1.21. The summed E-state index contributed by atoms with van der Waals surface area (Å²) in [5, 5.41) is 5.29. The van der Waals surface area contributed by atoms with E-state index in [1.54, 1.807) is 76.1 Å². The molecule has 1 saturated heterocycles. The second-order valence-electron chi connectivity index (χ2n) is 12.1. The number of hydrogen-bond donors (Lipinski definition) is 2. The van der Waals surface area contributed by atoms with Gasteiger partial charge in [0, 0.05) is 50.3 Å². The Kier molecular flexibility index (Phi) is 12.8. The van der Waals surface area contributed by atoms with Crippen LogP contribution in [0.2, 0.25) is 0 Å². The van der Waals surface area contributed by atoms with E-state index in [0.29, 0.717) is 37.4 Å². The lowest BCUT2D eigenvalue weighted by Gasteiger charge is -2.33. The molecule has 0 bridgehead atoms. The van der Waals surface area contributed by atoms with Crippen molar-refractivity contribution in [1.82, 2.24) is 20.4 Å². The molecule has 1 fully saturated rings. The standard InChI is InChI=1S/C33H45FN4O6/c1-23(36-32(42)44-33(2,3)4)30(40)35-22-24-6-8-27(9-7-24)31(41)38(20-21-43-5)19-18-37-16-14-26(15-17-37)29(39)25-10-12-28(34)13-11-25/h6-13,23,26H,14-22H2,1-5H3,(H,35,40)(H,36,42)/t23-/m0/s1. The van der Waals surface area contributed by atoms with Crippen LogP contribution >= 0.6 is 0 Å². The highest BCUT2D eigenvalue weighted by Crippen LogP contribution is 2.22. The number of nitrogens with one attached hydrogen (secondary N) is 2. The molecule has 3 rings (SSSR count). The zero-order valence-corrected chi connectivity index (χ0v) is 26.4. The lowest BCUT2D eigenvalue weighted by atomic mass is 9.89. The number of nitrogens with zero attached hydrogens (tertiary/aromatic N) is 2. The zero-order valence-electron chi connectivity index (χ0n) is 26.4. The Morgan fingerprint density at radius 3 is 2.18 bits per heavy atom. The van der Waals surface area contributed by atoms with Crippen LogP contribution in [0.4, 0.5) is 9.18 Å². The van der Waals surface area contributed by atoms with E-state index in [0.717, 1.165) is 31.5 Å². The first-order chi connectivity index (χ1) is 20.9. The van der Waals surface area contributed by atoms with Crippen molar-refractivity contribution in [2.24, 2.45) is 5.92 Å². The van der Waals surface area contributed by atoms with E-state index in [1.807, 2.05) is 0 Å². The van der Waals surface area contributed by atoms with Gasteiger partial charge in [0.2, 0.25) is 5.91 Å². The zero-order chi connectivity index (χ0) is 32.3. The molecule has 0 saturated carbocycles. The predicted octanol–water partition coefficient (Wildman–Crippen LogP) is 4.04. The number of rotatable bonds is 13. The van der Waals surface area contributed by atoms with Gasteiger partial charge in [-0.15, -0.1) is 0 Å². The molecular formula is C33H45FN4O6. The second-order valence-corrected chi connectivity index (χ2v) is 12.1. The van der Waals surface area contributed by atoms with E-state index in [-0.39, 0.29) is 35.9 Å². The minimum absolute atomic E-state index is 0.0524. The minimum atomic E-state index is -0.777. The first-order valence-corrected chi connectivity index (χ1v) is 15.0. The summed E-state index contributed by atoms with van der Waals surface area (Å²) in [4.78, 5) is 54.5. The molecule has 0 spiro atoms. The quantitative estimate of drug-likeness (QED) is 0.328. The van der Waals surface area contributed by atoms with Gasteiger partial charge in [0.05, 0.1) is 6.61 Å². The lowest BCUT2D eigenvalue weighted by Crippen LogP contribution is -2.46. The summed E-state index contributed by atoms with van der Waals surface area (Å²) in [7, 11) is 1.60. The van der Waals surface area contributed by atoms with Crippen LogP contribution in [0.3, 0.4) is 0 Å². The summed E-state index contributed by atoms with van der Waals surface area (Å²) in [6, 6.07) is 12.0. The minimum Gasteiger partial charge on any atom is -0.444 e. The molecular weight excluding hydrogens is 567 g/mol. The van der Waals surface area contributed by atoms with E-state index < -0.39 is 17.7 Å². The molecule has 44 heavy (non-hydrogen) atoms. The number of ketones is 1. The van der Waals surface area contributed by atoms with Gasteiger partial charge < -0.3 is 29.9 Å². The summed E-state index contributed by atoms with van der Waals surface area (Å²) >= 11 is 0. The van der Waals surface area contributed by atoms with Crippen LogP contribution in [-0.4, -0.2) is 91.6 Å². The number of Topliss-reactive ketones (excluding diaryl/α,β-unsaturated/α-hetero) is 1. The van der Waals surface area contributed by atoms with Crippen molar-refractivity contribution in [3.05, 3.63) is 71.0 Å². The highest BCUT2D eigenvalue weighted by molar-refractivity contribution is 5.98. The molecule has 0 aliphatic carbocycles. The SMILES string of the molecule is COCCN(CCN1CCC(C(=O)c2ccc(F)cc2)CC1)C(=O)c1ccc(CNC(=O)[C@H](C)NC(=O)OC(C)(C)C)cc1. The maximum absolute atomic E-state index is 13.4. The Labute approximate surface area is 259 Å². The van der Waals surface area contributed by atoms with Gasteiger partial charge in [-0.3, -0.25) is 14.4 Å². The van der Waals surface area contributed by atoms with Gasteiger partial charge in [-0.1, -0.05) is 12.1 Å². The number of methoxy groups -OCH3 is 1. The molecule has 11 heteroatoms. The Hall–Kier alpha value is -3.83. The Balaban J connectivity index is 1.48. The maximum atomic E-state index is 13.4. The van der Waals surface area contributed by atoms with Gasteiger partial charge in [-0.2, -0.15) is 0 Å². The van der Waals surface area contributed by atoms with Crippen molar-refractivity contribution >= 4 is 23.7 Å². The van der Waals surface area contributed by atoms with Crippen molar-refractivity contribution in [2.75, 3.05) is 46.4 Å². The number of amides is 3. The maximum Gasteiger partial charge on any atom is 0.408 e. The number of benzene rings is 2. The summed E-state index contributed by atoms with van der Waals surface area (Å²) < 4.78 is 23.6. The van der Waals surface area contributed by atoms with Crippen LogP contribution < -0.4 is 10.6 Å². The molecule has 0 unspecified atom stereocenters. The van der Waals surface area contributed by atoms with Crippen molar-refractivity contribution in [3.63, 3.8) is 0 Å². The third-order valence-corrected chi connectivity index (χ3v) is 7.42. The molecule has 2 N–H and O–H groups in total. The second kappa shape index (κ2) is 16.3. The largest absolute Gasteiger partial charge is 0.444 e. The molecule has 2 aromatic rings. The van der Waals surface area contributed by atoms with Crippen molar-refractivity contribution < 1.29 is 33.0 Å². The number of hydrogen-bond acceptors (Lipinski definition) is 7. The number of alkyl carbamates (subject to hydrolysis) is 1. The number of ether oxygens (including phenoxy) is 2. The van der Waals surface area contributed by atoms with Gasteiger partial charge in [0.25, 0.3) is 5.91 Å². The van der Waals surface area contributed by atoms with E-state index in [2.05, 4.69) is 15.5 Å². The topological polar surface area (TPSA) is 117 Å². The van der Waals surface area contributed by atoms with Gasteiger partial charge in [-0.25, -0.2) is 9.18 Å². The fraction of sp³-hybridized carbons (Fsp3) is 0.515. The Morgan fingerprint density at radius 1 is 0.977 bits per heavy atom. The monoisotopic (exact) mass is 612 g/mol. The first-order valence-electron chi connectivity index (χ1n) is 15.0. The van der Waals surface area contributed by atoms with Gasteiger partial charge in [0.15, 0.2) is 5.78 Å². The molecule has 0 radical (unpaired) electrons. The normalized spacial score (nSPS) is 14.9. The molecule has 1 heterocycles. The lowest BCUT2D eigenvalue weighted by molar-refractivity contribution is -0.122. The number of likely N-dealkylation sites (tertiary alicyclic amines) is 1. The van der Waals surface area contributed by atoms with Crippen LogP contribution in [0.25, 0.3) is 0 Å². The smallest absolute Gasteiger partial charge is 0.408 e. The average molecular weight is 613 g/mol. The number of halogens is 1. The third kappa shape index (κ3) is 11.0. The molecule has 2 aromatic carbocycles. The fourth-order valence-electron chi connectivity index (χ4n) is 4.89. The van der Waals surface area contributed by atoms with Crippen LogP contribution in [0, 0.1) is 11.7 Å². The highest BCUT2D eigenvalue weighted by atomic mass is 19.1. The molecule has 240 valence electrons. The number of piperidine rings is 1. The van der Waals surface area contributed by atoms with Crippen molar-refractivity contribution in [2.45, 2.75) is 58.7 Å². The van der Waals surface area contributed by atoms with Crippen LogP contribution in [-0.2, 0) is 20.8 Å². The summed E-state index contributed by atoms with van der Waals surface area (Å²) in [6.07, 6.45) is 0.772. The number of carbonyl (C=O) groups excluding carboxylic acids is 4. The molecule has 10 nitrogen and oxygen atoms in total. The van der Waals surface area contributed by atoms with Gasteiger partial charge in [-0.05, 0) is 95.6 Å². The summed E-state index contributed by atoms with van der Waals surface area (Å²) in [6.45, 7) is 10.6. The highest BCUT2D eigenvalue weighted by Gasteiger charge is 2.27. The van der Waals surface area contributed by atoms with E-state index >= 15 is 0 Å². The molecule has 3 amide bonds. The average Bonchev–Trinajstić information content (AvgIpc) is 2.99. The predicted molar refractivity (Wildman–Crippen MR) is 165 cm³/mol. The van der Waals surface area contributed by atoms with E-state index in [1.165, 1.54) is 12.1 Å². The third-order valence-electron chi connectivity index (χ3n) is 7.42. The summed E-state index contributed by atoms with van der Waals surface area (Å²) in [5.74, 6) is -0.864. The molecule has 0 aromatic heterocycles. The van der Waals surface area contributed by atoms with Crippen molar-refractivity contribution in [1.29, 1.82) is 0 Å². The fourth-order valence-corrected chi connectivity index (χ4v) is 4.89. The van der Waals surface area contributed by atoms with E-state index in [4.69, 9.17) is 9.47 Å². The van der Waals surface area contributed by atoms with Crippen LogP contribution in [0.5, 0.6) is 0 Å². The molecule has 1 atom stereocenters. The van der Waals surface area contributed by atoms with Gasteiger partial charge >= 0.3 is 6.09 Å². The Morgan fingerprint density at radius 2 is 1.59 bits per heavy atom. The van der Waals surface area contributed by atoms with E-state index in [9.17, 15) is 23.6 Å². The van der Waals surface area contributed by atoms with Crippen molar-refractivity contribution in [3.8, 4) is 0 Å². The van der Waals surface area contributed by atoms with Crippen LogP contribution in [0.1, 0.15) is 66.8 Å². The molecule has 1 aliphatic heterocycles. The Bertz CT molecular complexity index is 1250. The first kappa shape index (κ1) is 34.7. The van der Waals surface area contributed by atoms with Crippen LogP contribution in [0.15, 0.2) is 48.5 Å². The number of carbonyl (C=O) groups is 4. The van der Waals surface area contributed by atoms with Gasteiger partial charge in [0.1, 0.15) is 17.5 Å².